The van der Waals surface area contributed by atoms with E-state index in [9.17, 15) is 9.59 Å². The van der Waals surface area contributed by atoms with E-state index in [0.29, 0.717) is 28.6 Å². The lowest BCUT2D eigenvalue weighted by Crippen LogP contribution is -2.25. The molecule has 0 unspecified atom stereocenters. The van der Waals surface area contributed by atoms with Crippen LogP contribution in [-0.4, -0.2) is 21.7 Å². The van der Waals surface area contributed by atoms with E-state index in [1.54, 1.807) is 36.4 Å². The summed E-state index contributed by atoms with van der Waals surface area (Å²) >= 11 is 0. The molecule has 1 aromatic heterocycles. The quantitative estimate of drug-likeness (QED) is 0.481. The van der Waals surface area contributed by atoms with Crippen molar-refractivity contribution in [2.45, 2.75) is 45.1 Å². The molecule has 0 atom stereocenters. The summed E-state index contributed by atoms with van der Waals surface area (Å²) in [5.41, 5.74) is 2.40. The predicted molar refractivity (Wildman–Crippen MR) is 115 cm³/mol. The average molecular weight is 403 g/mol. The number of hydrogen-bond donors (Lipinski definition) is 1. The van der Waals surface area contributed by atoms with Gasteiger partial charge in [0.25, 0.3) is 5.91 Å². The van der Waals surface area contributed by atoms with Crippen LogP contribution < -0.4 is 10.1 Å². The first-order chi connectivity index (χ1) is 14.3. The Hall–Kier alpha value is -3.41. The van der Waals surface area contributed by atoms with Gasteiger partial charge in [-0.05, 0) is 76.1 Å². The van der Waals surface area contributed by atoms with Crippen molar-refractivity contribution in [2.24, 2.45) is 0 Å². The molecule has 3 aromatic rings. The van der Waals surface area contributed by atoms with Crippen LogP contribution in [0.1, 0.15) is 66.1 Å². The molecular weight excluding hydrogens is 378 g/mol. The summed E-state index contributed by atoms with van der Waals surface area (Å²) in [5, 5.41) is 7.34. The van der Waals surface area contributed by atoms with E-state index in [2.05, 4.69) is 31.2 Å². The van der Waals surface area contributed by atoms with E-state index in [1.807, 2.05) is 28.9 Å². The summed E-state index contributed by atoms with van der Waals surface area (Å²) in [6.45, 7) is 6.22. The number of hydrogen-bond acceptors (Lipinski definition) is 4. The highest BCUT2D eigenvalue weighted by atomic mass is 16.5. The van der Waals surface area contributed by atoms with E-state index in [-0.39, 0.29) is 11.4 Å². The van der Waals surface area contributed by atoms with Crippen LogP contribution in [-0.2, 0) is 5.54 Å². The largest absolute Gasteiger partial charge is 0.422 e. The van der Waals surface area contributed by atoms with Gasteiger partial charge in [-0.25, -0.2) is 4.79 Å². The number of carbonyl (C=O) groups is 2. The summed E-state index contributed by atoms with van der Waals surface area (Å²) in [6, 6.07) is 17.5. The zero-order valence-electron chi connectivity index (χ0n) is 17.4. The van der Waals surface area contributed by atoms with E-state index >= 15 is 0 Å². The van der Waals surface area contributed by atoms with Crippen LogP contribution in [0.5, 0.6) is 5.75 Å². The molecule has 1 saturated carbocycles. The van der Waals surface area contributed by atoms with Crippen LogP contribution in [0, 0.1) is 0 Å². The summed E-state index contributed by atoms with van der Waals surface area (Å²) in [4.78, 5) is 24.9. The Morgan fingerprint density at radius 2 is 1.70 bits per heavy atom. The van der Waals surface area contributed by atoms with Gasteiger partial charge in [0.1, 0.15) is 5.75 Å². The maximum absolute atomic E-state index is 12.6. The Morgan fingerprint density at radius 3 is 2.30 bits per heavy atom. The fourth-order valence-corrected chi connectivity index (χ4v) is 3.26. The summed E-state index contributed by atoms with van der Waals surface area (Å²) in [5.74, 6) is 0.198. The molecule has 2 aromatic carbocycles. The molecule has 0 bridgehead atoms. The van der Waals surface area contributed by atoms with Gasteiger partial charge in [0, 0.05) is 22.9 Å². The Labute approximate surface area is 175 Å². The molecule has 6 nitrogen and oxygen atoms in total. The lowest BCUT2D eigenvalue weighted by molar-refractivity contribution is 0.0726. The molecule has 1 amide bonds. The number of amides is 1. The first-order valence-corrected chi connectivity index (χ1v) is 10.1. The molecular formula is C24H25N3O3. The van der Waals surface area contributed by atoms with Gasteiger partial charge in [-0.15, -0.1) is 0 Å². The van der Waals surface area contributed by atoms with E-state index < -0.39 is 5.97 Å². The second-order valence-corrected chi connectivity index (χ2v) is 8.55. The van der Waals surface area contributed by atoms with Crippen molar-refractivity contribution in [3.05, 3.63) is 77.6 Å². The summed E-state index contributed by atoms with van der Waals surface area (Å²) in [7, 11) is 0. The molecule has 1 heterocycles. The Kier molecular flexibility index (Phi) is 5.16. The van der Waals surface area contributed by atoms with Crippen molar-refractivity contribution >= 4 is 17.6 Å². The minimum Gasteiger partial charge on any atom is -0.422 e. The normalized spacial score (nSPS) is 13.7. The molecule has 30 heavy (non-hydrogen) atoms. The van der Waals surface area contributed by atoms with Gasteiger partial charge < -0.3 is 10.1 Å². The fraction of sp³-hybridized carbons (Fsp3) is 0.292. The van der Waals surface area contributed by atoms with Crippen LogP contribution in [0.2, 0.25) is 0 Å². The minimum atomic E-state index is -0.485. The third-order valence-corrected chi connectivity index (χ3v) is 4.94. The van der Waals surface area contributed by atoms with Gasteiger partial charge in [0.15, 0.2) is 5.69 Å². The number of anilines is 1. The summed E-state index contributed by atoms with van der Waals surface area (Å²) in [6.07, 6.45) is 2.26. The second-order valence-electron chi connectivity index (χ2n) is 8.55. The maximum Gasteiger partial charge on any atom is 0.364 e. The van der Waals surface area contributed by atoms with Crippen LogP contribution in [0.4, 0.5) is 5.69 Å². The third-order valence-electron chi connectivity index (χ3n) is 4.94. The number of nitrogens with one attached hydrogen (secondary N) is 1. The van der Waals surface area contributed by atoms with Crippen molar-refractivity contribution in [2.75, 3.05) is 5.32 Å². The lowest BCUT2D eigenvalue weighted by atomic mass is 10.1. The van der Waals surface area contributed by atoms with Crippen LogP contribution >= 0.6 is 0 Å². The highest BCUT2D eigenvalue weighted by molar-refractivity contribution is 6.04. The molecule has 0 radical (unpaired) electrons. The number of carbonyl (C=O) groups excluding carboxylic acids is 2. The van der Waals surface area contributed by atoms with Crippen molar-refractivity contribution < 1.29 is 14.3 Å². The molecule has 4 rings (SSSR count). The second kappa shape index (κ2) is 7.78. The van der Waals surface area contributed by atoms with Crippen molar-refractivity contribution in [1.82, 2.24) is 9.78 Å². The zero-order valence-corrected chi connectivity index (χ0v) is 17.4. The Bertz CT molecular complexity index is 1060. The van der Waals surface area contributed by atoms with Gasteiger partial charge >= 0.3 is 5.97 Å². The van der Waals surface area contributed by atoms with Crippen LogP contribution in [0.15, 0.2) is 60.7 Å². The van der Waals surface area contributed by atoms with E-state index in [4.69, 9.17) is 4.74 Å². The average Bonchev–Trinajstić information content (AvgIpc) is 3.46. The maximum atomic E-state index is 12.6. The lowest BCUT2D eigenvalue weighted by Gasteiger charge is -2.22. The van der Waals surface area contributed by atoms with Crippen LogP contribution in [0.25, 0.3) is 0 Å². The molecule has 154 valence electrons. The van der Waals surface area contributed by atoms with E-state index in [0.717, 1.165) is 18.5 Å². The molecule has 0 spiro atoms. The van der Waals surface area contributed by atoms with Crippen molar-refractivity contribution in [3.63, 3.8) is 0 Å². The number of esters is 1. The van der Waals surface area contributed by atoms with Crippen molar-refractivity contribution in [1.29, 1.82) is 0 Å². The monoisotopic (exact) mass is 403 g/mol. The van der Waals surface area contributed by atoms with Gasteiger partial charge in [0.2, 0.25) is 0 Å². The summed E-state index contributed by atoms with van der Waals surface area (Å²) < 4.78 is 7.43. The molecule has 1 aliphatic carbocycles. The topological polar surface area (TPSA) is 73.2 Å². The highest BCUT2D eigenvalue weighted by Gasteiger charge is 2.32. The molecule has 6 heteroatoms. The first-order valence-electron chi connectivity index (χ1n) is 10.1. The standard InChI is InChI=1S/C24H25N3O3/c1-24(2,3)27-21(16-9-10-16)15-20(26-27)23(29)30-19-13-11-18(12-14-19)25-22(28)17-7-5-4-6-8-17/h4-8,11-16H,9-10H2,1-3H3,(H,25,28). The number of rotatable bonds is 5. The highest BCUT2D eigenvalue weighted by Crippen LogP contribution is 2.41. The first kappa shape index (κ1) is 19.9. The van der Waals surface area contributed by atoms with Crippen molar-refractivity contribution in [3.8, 4) is 5.75 Å². The zero-order chi connectivity index (χ0) is 21.3. The van der Waals surface area contributed by atoms with Crippen LogP contribution in [0.3, 0.4) is 0 Å². The number of aromatic nitrogens is 2. The predicted octanol–water partition coefficient (Wildman–Crippen LogP) is 4.99. The SMILES string of the molecule is CC(C)(C)n1nc(C(=O)Oc2ccc(NC(=O)c3ccccc3)cc2)cc1C1CC1. The Morgan fingerprint density at radius 1 is 1.03 bits per heavy atom. The minimum absolute atomic E-state index is 0.194. The molecule has 1 N–H and O–H groups in total. The smallest absolute Gasteiger partial charge is 0.364 e. The Balaban J connectivity index is 1.43. The van der Waals surface area contributed by atoms with Gasteiger partial charge in [-0.1, -0.05) is 18.2 Å². The molecule has 1 fully saturated rings. The molecule has 1 aliphatic rings. The molecule has 0 saturated heterocycles. The number of benzene rings is 2. The third kappa shape index (κ3) is 4.43. The van der Waals surface area contributed by atoms with Gasteiger partial charge in [0.05, 0.1) is 5.54 Å². The van der Waals surface area contributed by atoms with Gasteiger partial charge in [-0.3, -0.25) is 9.48 Å². The van der Waals surface area contributed by atoms with E-state index in [1.165, 1.54) is 0 Å². The number of nitrogens with zero attached hydrogens (tertiary/aromatic N) is 2. The number of ether oxygens (including phenoxy) is 1. The molecule has 0 aliphatic heterocycles. The fourth-order valence-electron chi connectivity index (χ4n) is 3.26. The van der Waals surface area contributed by atoms with Gasteiger partial charge in [-0.2, -0.15) is 5.10 Å².